The molecule has 0 saturated heterocycles. The van der Waals surface area contributed by atoms with Crippen molar-refractivity contribution >= 4 is 27.5 Å². The van der Waals surface area contributed by atoms with Crippen LogP contribution in [0.15, 0.2) is 27.2 Å². The van der Waals surface area contributed by atoms with Crippen molar-refractivity contribution in [2.75, 3.05) is 0 Å². The first-order valence-electron chi connectivity index (χ1n) is 5.05. The van der Waals surface area contributed by atoms with Gasteiger partial charge >= 0.3 is 0 Å². The Hall–Kier alpha value is -0.940. The van der Waals surface area contributed by atoms with E-state index in [1.165, 1.54) is 12.1 Å². The molecule has 2 rings (SSSR count). The number of hydrogen-bond acceptors (Lipinski definition) is 3. The quantitative estimate of drug-likeness (QED) is 0.791. The predicted octanol–water partition coefficient (Wildman–Crippen LogP) is 4.33. The molecule has 17 heavy (non-hydrogen) atoms. The Bertz CT molecular complexity index is 532. The topological polar surface area (TPSA) is 38.9 Å². The van der Waals surface area contributed by atoms with Crippen LogP contribution in [-0.4, -0.2) is 10.1 Å². The lowest BCUT2D eigenvalue weighted by Crippen LogP contribution is -1.91. The van der Waals surface area contributed by atoms with E-state index in [4.69, 9.17) is 16.1 Å². The van der Waals surface area contributed by atoms with Gasteiger partial charge < -0.3 is 4.52 Å². The minimum absolute atomic E-state index is 0.272. The van der Waals surface area contributed by atoms with Gasteiger partial charge in [0.15, 0.2) is 5.82 Å². The summed E-state index contributed by atoms with van der Waals surface area (Å²) in [6.45, 7) is 1.93. The van der Waals surface area contributed by atoms with Gasteiger partial charge in [0.1, 0.15) is 5.82 Å². The van der Waals surface area contributed by atoms with E-state index in [1.807, 2.05) is 6.92 Å². The van der Waals surface area contributed by atoms with E-state index in [2.05, 4.69) is 26.1 Å². The molecular weight excluding hydrogens is 310 g/mol. The molecule has 2 aromatic rings. The molecule has 1 atom stereocenters. The zero-order valence-corrected chi connectivity index (χ0v) is 11.3. The van der Waals surface area contributed by atoms with Crippen LogP contribution in [0.5, 0.6) is 0 Å². The highest BCUT2D eigenvalue weighted by Crippen LogP contribution is 2.29. The summed E-state index contributed by atoms with van der Waals surface area (Å²) in [6, 6.07) is 4.26. The van der Waals surface area contributed by atoms with Gasteiger partial charge in [-0.05, 0) is 40.5 Å². The van der Waals surface area contributed by atoms with Crippen molar-refractivity contribution in [3.05, 3.63) is 34.3 Å². The second-order valence-electron chi connectivity index (χ2n) is 3.46. The fourth-order valence-corrected chi connectivity index (χ4v) is 1.93. The maximum Gasteiger partial charge on any atom is 0.259 e. The molecule has 1 aromatic carbocycles. The molecule has 0 fully saturated rings. The summed E-state index contributed by atoms with van der Waals surface area (Å²) in [5, 5.41) is 3.52. The van der Waals surface area contributed by atoms with Crippen LogP contribution >= 0.6 is 27.5 Å². The number of aromatic nitrogens is 2. The molecule has 0 bridgehead atoms. The second-order valence-corrected chi connectivity index (χ2v) is 4.84. The lowest BCUT2D eigenvalue weighted by molar-refractivity contribution is 0.421. The number of hydrogen-bond donors (Lipinski definition) is 0. The van der Waals surface area contributed by atoms with Crippen molar-refractivity contribution < 1.29 is 8.91 Å². The summed E-state index contributed by atoms with van der Waals surface area (Å²) >= 11 is 9.25. The maximum absolute atomic E-state index is 12.9. The third-order valence-electron chi connectivity index (χ3n) is 2.24. The third-order valence-corrected chi connectivity index (χ3v) is 3.40. The average Bonchev–Trinajstić information content (AvgIpc) is 2.77. The molecule has 1 aromatic heterocycles. The van der Waals surface area contributed by atoms with E-state index in [9.17, 15) is 4.39 Å². The summed E-state index contributed by atoms with van der Waals surface area (Å²) in [6.07, 6.45) is 0.713. The zero-order valence-electron chi connectivity index (χ0n) is 8.95. The number of alkyl halides is 1. The lowest BCUT2D eigenvalue weighted by atomic mass is 10.2. The Morgan fingerprint density at radius 3 is 2.94 bits per heavy atom. The van der Waals surface area contributed by atoms with Crippen LogP contribution in [-0.2, 0) is 0 Å². The van der Waals surface area contributed by atoms with E-state index in [0.717, 1.165) is 0 Å². The van der Waals surface area contributed by atoms with Crippen LogP contribution in [0, 0.1) is 5.82 Å². The molecule has 0 saturated carbocycles. The summed E-state index contributed by atoms with van der Waals surface area (Å²) in [7, 11) is 0. The van der Waals surface area contributed by atoms with Crippen LogP contribution in [0.4, 0.5) is 4.39 Å². The minimum atomic E-state index is -0.329. The zero-order chi connectivity index (χ0) is 12.4. The summed E-state index contributed by atoms with van der Waals surface area (Å²) in [5.41, 5.74) is 0.644. The largest absolute Gasteiger partial charge is 0.334 e. The molecule has 0 aliphatic rings. The fraction of sp³-hybridized carbons (Fsp3) is 0.273. The Kier molecular flexibility index (Phi) is 3.79. The summed E-state index contributed by atoms with van der Waals surface area (Å²) in [5.74, 6) is 0.440. The van der Waals surface area contributed by atoms with Crippen molar-refractivity contribution in [3.63, 3.8) is 0 Å². The highest BCUT2D eigenvalue weighted by molar-refractivity contribution is 9.10. The molecular formula is C11H9BrClFN2O. The van der Waals surface area contributed by atoms with Crippen molar-refractivity contribution in [1.29, 1.82) is 0 Å². The Balaban J connectivity index is 2.37. The summed E-state index contributed by atoms with van der Waals surface area (Å²) in [4.78, 5) is 4.18. The highest BCUT2D eigenvalue weighted by Gasteiger charge is 2.16. The van der Waals surface area contributed by atoms with Gasteiger partial charge in [-0.15, -0.1) is 11.6 Å². The van der Waals surface area contributed by atoms with Gasteiger partial charge in [0.2, 0.25) is 0 Å². The average molecular weight is 320 g/mol. The number of rotatable bonds is 3. The van der Waals surface area contributed by atoms with Gasteiger partial charge in [0, 0.05) is 4.47 Å². The molecule has 0 radical (unpaired) electrons. The van der Waals surface area contributed by atoms with Crippen LogP contribution in [0.2, 0.25) is 0 Å². The van der Waals surface area contributed by atoms with Gasteiger partial charge in [-0.3, -0.25) is 0 Å². The Morgan fingerprint density at radius 2 is 2.29 bits per heavy atom. The number of nitrogens with zero attached hydrogens (tertiary/aromatic N) is 2. The van der Waals surface area contributed by atoms with Gasteiger partial charge in [-0.2, -0.15) is 4.98 Å². The maximum atomic E-state index is 12.9. The second kappa shape index (κ2) is 5.14. The molecule has 1 unspecified atom stereocenters. The number of benzene rings is 1. The highest BCUT2D eigenvalue weighted by atomic mass is 79.9. The van der Waals surface area contributed by atoms with E-state index in [1.54, 1.807) is 6.07 Å². The molecule has 0 N–H and O–H groups in total. The van der Waals surface area contributed by atoms with Crippen molar-refractivity contribution in [2.24, 2.45) is 0 Å². The predicted molar refractivity (Wildman–Crippen MR) is 66.3 cm³/mol. The first-order chi connectivity index (χ1) is 8.11. The van der Waals surface area contributed by atoms with Crippen LogP contribution in [0.25, 0.3) is 11.5 Å². The molecule has 0 aliphatic heterocycles. The summed E-state index contributed by atoms with van der Waals surface area (Å²) < 4.78 is 18.6. The van der Waals surface area contributed by atoms with Crippen LogP contribution in [0.3, 0.4) is 0 Å². The monoisotopic (exact) mass is 318 g/mol. The normalized spacial score (nSPS) is 12.7. The molecule has 1 heterocycles. The SMILES string of the molecule is CCC(Cl)c1noc(-c2ccc(F)cc2Br)n1. The molecule has 6 heteroatoms. The standard InChI is InChI=1S/C11H9BrClFN2O/c1-2-9(13)10-15-11(17-16-10)7-4-3-6(14)5-8(7)12/h3-5,9H,2H2,1H3. The van der Waals surface area contributed by atoms with Gasteiger partial charge in [0.25, 0.3) is 5.89 Å². The van der Waals surface area contributed by atoms with Gasteiger partial charge in [-0.25, -0.2) is 4.39 Å². The van der Waals surface area contributed by atoms with Crippen molar-refractivity contribution in [3.8, 4) is 11.5 Å². The lowest BCUT2D eigenvalue weighted by Gasteiger charge is -1.98. The fourth-order valence-electron chi connectivity index (χ4n) is 1.32. The van der Waals surface area contributed by atoms with E-state index in [-0.39, 0.29) is 11.2 Å². The number of halogens is 3. The van der Waals surface area contributed by atoms with E-state index >= 15 is 0 Å². The van der Waals surface area contributed by atoms with Crippen molar-refractivity contribution in [2.45, 2.75) is 18.7 Å². The first kappa shape index (κ1) is 12.5. The smallest absolute Gasteiger partial charge is 0.259 e. The van der Waals surface area contributed by atoms with E-state index < -0.39 is 0 Å². The van der Waals surface area contributed by atoms with Gasteiger partial charge in [-0.1, -0.05) is 12.1 Å². The first-order valence-corrected chi connectivity index (χ1v) is 6.28. The van der Waals surface area contributed by atoms with Crippen molar-refractivity contribution in [1.82, 2.24) is 10.1 Å². The molecule has 0 amide bonds. The molecule has 0 aliphatic carbocycles. The molecule has 90 valence electrons. The Labute approximate surface area is 111 Å². The van der Waals surface area contributed by atoms with Crippen LogP contribution in [0.1, 0.15) is 24.5 Å². The van der Waals surface area contributed by atoms with Crippen LogP contribution < -0.4 is 0 Å². The van der Waals surface area contributed by atoms with Gasteiger partial charge in [0.05, 0.1) is 10.9 Å². The third kappa shape index (κ3) is 2.66. The minimum Gasteiger partial charge on any atom is -0.334 e. The Morgan fingerprint density at radius 1 is 1.53 bits per heavy atom. The van der Waals surface area contributed by atoms with E-state index in [0.29, 0.717) is 28.2 Å². The molecule has 3 nitrogen and oxygen atoms in total. The molecule has 0 spiro atoms.